The van der Waals surface area contributed by atoms with Gasteiger partial charge in [-0.3, -0.25) is 14.9 Å². The second kappa shape index (κ2) is 11.7. The van der Waals surface area contributed by atoms with Gasteiger partial charge in [0.15, 0.2) is 5.79 Å². The molecule has 1 aliphatic rings. The van der Waals surface area contributed by atoms with Gasteiger partial charge >= 0.3 is 0 Å². The SMILES string of the molecule is Cc1cccc(CC(=O)Nc2nnc(CCCCc3nnc(NC(=O)C4(C)COC(C)(C)OC4)s3)s2)c1. The van der Waals surface area contributed by atoms with Crippen LogP contribution >= 0.6 is 22.7 Å². The van der Waals surface area contributed by atoms with E-state index in [2.05, 4.69) is 31.0 Å². The van der Waals surface area contributed by atoms with E-state index in [0.29, 0.717) is 16.7 Å². The van der Waals surface area contributed by atoms with Gasteiger partial charge in [0.1, 0.15) is 10.0 Å². The first-order valence-electron chi connectivity index (χ1n) is 12.2. The number of benzene rings is 1. The van der Waals surface area contributed by atoms with Crippen LogP contribution in [0.15, 0.2) is 24.3 Å². The third-order valence-corrected chi connectivity index (χ3v) is 7.70. The lowest BCUT2D eigenvalue weighted by Crippen LogP contribution is -2.50. The monoisotopic (exact) mass is 544 g/mol. The third kappa shape index (κ3) is 7.84. The number of unbranched alkanes of at least 4 members (excludes halogenated alkanes) is 1. The Kier molecular flexibility index (Phi) is 8.63. The van der Waals surface area contributed by atoms with Crippen molar-refractivity contribution in [1.29, 1.82) is 0 Å². The number of amides is 2. The number of hydrogen-bond donors (Lipinski definition) is 2. The number of carbonyl (C=O) groups is 2. The smallest absolute Gasteiger partial charge is 0.236 e. The van der Waals surface area contributed by atoms with E-state index in [1.165, 1.54) is 22.7 Å². The molecular weight excluding hydrogens is 512 g/mol. The third-order valence-electron chi connectivity index (χ3n) is 5.90. The van der Waals surface area contributed by atoms with E-state index < -0.39 is 11.2 Å². The van der Waals surface area contributed by atoms with Gasteiger partial charge in [0, 0.05) is 12.8 Å². The Morgan fingerprint density at radius 1 is 0.919 bits per heavy atom. The molecule has 0 saturated carbocycles. The lowest BCUT2D eigenvalue weighted by atomic mass is 9.90. The molecule has 0 radical (unpaired) electrons. The molecule has 3 aromatic rings. The number of carbonyl (C=O) groups excluding carboxylic acids is 2. The zero-order chi connectivity index (χ0) is 26.5. The summed E-state index contributed by atoms with van der Waals surface area (Å²) in [6.07, 6.45) is 3.62. The highest BCUT2D eigenvalue weighted by molar-refractivity contribution is 7.15. The predicted octanol–water partition coefficient (Wildman–Crippen LogP) is 4.17. The Hall–Kier alpha value is -2.80. The zero-order valence-electron chi connectivity index (χ0n) is 21.5. The van der Waals surface area contributed by atoms with Gasteiger partial charge < -0.3 is 14.8 Å². The highest BCUT2D eigenvalue weighted by Crippen LogP contribution is 2.31. The molecule has 3 heterocycles. The molecule has 12 heteroatoms. The molecular formula is C25H32N6O4S2. The summed E-state index contributed by atoms with van der Waals surface area (Å²) in [5.41, 5.74) is 1.32. The van der Waals surface area contributed by atoms with E-state index in [4.69, 9.17) is 9.47 Å². The molecule has 0 bridgehead atoms. The fourth-order valence-corrected chi connectivity index (χ4v) is 5.24. The average Bonchev–Trinajstić information content (AvgIpc) is 3.48. The van der Waals surface area contributed by atoms with E-state index in [0.717, 1.165) is 46.8 Å². The molecule has 37 heavy (non-hydrogen) atoms. The van der Waals surface area contributed by atoms with Crippen molar-refractivity contribution in [2.75, 3.05) is 23.8 Å². The quantitative estimate of drug-likeness (QED) is 0.364. The molecule has 0 spiro atoms. The van der Waals surface area contributed by atoms with Crippen molar-refractivity contribution >= 4 is 44.8 Å². The Labute approximate surface area is 224 Å². The van der Waals surface area contributed by atoms with Gasteiger partial charge in [-0.1, -0.05) is 52.5 Å². The van der Waals surface area contributed by atoms with Gasteiger partial charge in [0.2, 0.25) is 22.1 Å². The summed E-state index contributed by atoms with van der Waals surface area (Å²) in [6, 6.07) is 7.89. The predicted molar refractivity (Wildman–Crippen MR) is 143 cm³/mol. The molecule has 2 N–H and O–H groups in total. The number of anilines is 2. The summed E-state index contributed by atoms with van der Waals surface area (Å²) in [4.78, 5) is 25.0. The van der Waals surface area contributed by atoms with Crippen LogP contribution in [0, 0.1) is 12.3 Å². The number of ether oxygens (including phenoxy) is 2. The Morgan fingerprint density at radius 2 is 1.51 bits per heavy atom. The molecule has 0 unspecified atom stereocenters. The van der Waals surface area contributed by atoms with Gasteiger partial charge in [-0.2, -0.15) is 0 Å². The summed E-state index contributed by atoms with van der Waals surface area (Å²) in [7, 11) is 0. The standard InChI is InChI=1S/C25H32N6O4S2/c1-16-8-7-9-17(12-16)13-18(32)26-22-30-28-19(36-22)10-5-6-11-20-29-31-23(37-20)27-21(33)25(4)14-34-24(2,3)35-15-25/h7-9,12H,5-6,10-11,13-15H2,1-4H3,(H,26,30,32)(H,27,31,33). The Bertz CT molecular complexity index is 1230. The van der Waals surface area contributed by atoms with Crippen molar-refractivity contribution in [2.45, 2.75) is 65.6 Å². The van der Waals surface area contributed by atoms with E-state index in [1.54, 1.807) is 0 Å². The number of aromatic nitrogens is 4. The largest absolute Gasteiger partial charge is 0.349 e. The van der Waals surface area contributed by atoms with Gasteiger partial charge in [0.25, 0.3) is 0 Å². The number of nitrogens with zero attached hydrogens (tertiary/aromatic N) is 4. The van der Waals surface area contributed by atoms with Crippen LogP contribution in [-0.4, -0.2) is 51.2 Å². The van der Waals surface area contributed by atoms with Crippen LogP contribution in [0.25, 0.3) is 0 Å². The molecule has 10 nitrogen and oxygen atoms in total. The maximum atomic E-state index is 12.7. The molecule has 0 aliphatic carbocycles. The number of hydrogen-bond acceptors (Lipinski definition) is 10. The van der Waals surface area contributed by atoms with Crippen molar-refractivity contribution in [3.8, 4) is 0 Å². The molecule has 2 aromatic heterocycles. The summed E-state index contributed by atoms with van der Waals surface area (Å²) in [5, 5.41) is 25.0. The Balaban J connectivity index is 1.16. The van der Waals surface area contributed by atoms with Gasteiger partial charge in [0.05, 0.1) is 25.0 Å². The first-order chi connectivity index (χ1) is 17.6. The minimum atomic E-state index is -0.776. The second-order valence-electron chi connectivity index (χ2n) is 9.91. The maximum absolute atomic E-state index is 12.7. The van der Waals surface area contributed by atoms with Crippen LogP contribution in [0.4, 0.5) is 10.3 Å². The van der Waals surface area contributed by atoms with Crippen LogP contribution in [0.5, 0.6) is 0 Å². The summed E-state index contributed by atoms with van der Waals surface area (Å²) >= 11 is 2.77. The molecule has 0 atom stereocenters. The number of rotatable bonds is 10. The Morgan fingerprint density at radius 3 is 2.11 bits per heavy atom. The lowest BCUT2D eigenvalue weighted by molar-refractivity contribution is -0.276. The molecule has 2 amide bonds. The van der Waals surface area contributed by atoms with Crippen molar-refractivity contribution in [3.05, 3.63) is 45.4 Å². The molecule has 4 rings (SSSR count). The van der Waals surface area contributed by atoms with E-state index in [9.17, 15) is 9.59 Å². The summed E-state index contributed by atoms with van der Waals surface area (Å²) in [6.45, 7) is 8.04. The van der Waals surface area contributed by atoms with Crippen molar-refractivity contribution in [2.24, 2.45) is 5.41 Å². The summed E-state index contributed by atoms with van der Waals surface area (Å²) in [5.74, 6) is -0.973. The number of nitrogens with one attached hydrogen (secondary N) is 2. The molecule has 1 saturated heterocycles. The van der Waals surface area contributed by atoms with Crippen molar-refractivity contribution < 1.29 is 19.1 Å². The van der Waals surface area contributed by atoms with Crippen LogP contribution in [0.2, 0.25) is 0 Å². The normalized spacial score (nSPS) is 16.3. The van der Waals surface area contributed by atoms with Crippen LogP contribution < -0.4 is 10.6 Å². The lowest BCUT2D eigenvalue weighted by Gasteiger charge is -2.40. The second-order valence-corrected chi connectivity index (χ2v) is 12.0. The molecule has 198 valence electrons. The number of aryl methyl sites for hydroxylation is 3. The van der Waals surface area contributed by atoms with Crippen LogP contribution in [0.1, 0.15) is 54.8 Å². The molecule has 1 aliphatic heterocycles. The highest BCUT2D eigenvalue weighted by atomic mass is 32.1. The van der Waals surface area contributed by atoms with E-state index in [1.807, 2.05) is 52.0 Å². The van der Waals surface area contributed by atoms with Gasteiger partial charge in [-0.15, -0.1) is 20.4 Å². The minimum Gasteiger partial charge on any atom is -0.349 e. The fourth-order valence-electron chi connectivity index (χ4n) is 3.66. The van der Waals surface area contributed by atoms with Gasteiger partial charge in [-0.25, -0.2) is 0 Å². The topological polar surface area (TPSA) is 128 Å². The van der Waals surface area contributed by atoms with E-state index in [-0.39, 0.29) is 25.0 Å². The van der Waals surface area contributed by atoms with E-state index >= 15 is 0 Å². The first-order valence-corrected chi connectivity index (χ1v) is 13.8. The molecule has 1 fully saturated rings. The first kappa shape index (κ1) is 27.2. The molecule has 1 aromatic carbocycles. The van der Waals surface area contributed by atoms with Crippen LogP contribution in [-0.2, 0) is 38.3 Å². The highest BCUT2D eigenvalue weighted by Gasteiger charge is 2.42. The van der Waals surface area contributed by atoms with Crippen molar-refractivity contribution in [3.63, 3.8) is 0 Å². The average molecular weight is 545 g/mol. The van der Waals surface area contributed by atoms with Crippen LogP contribution in [0.3, 0.4) is 0 Å². The fraction of sp³-hybridized carbons (Fsp3) is 0.520. The van der Waals surface area contributed by atoms with Crippen molar-refractivity contribution in [1.82, 2.24) is 20.4 Å². The summed E-state index contributed by atoms with van der Waals surface area (Å²) < 4.78 is 11.3. The van der Waals surface area contributed by atoms with Gasteiger partial charge in [-0.05, 0) is 46.1 Å². The zero-order valence-corrected chi connectivity index (χ0v) is 23.1. The maximum Gasteiger partial charge on any atom is 0.236 e. The minimum absolute atomic E-state index is 0.103.